The summed E-state index contributed by atoms with van der Waals surface area (Å²) >= 11 is 0. The molecule has 116 valence electrons. The Labute approximate surface area is 123 Å². The Kier molecular flexibility index (Phi) is 3.83. The molecule has 1 aliphatic carbocycles. The fourth-order valence-corrected chi connectivity index (χ4v) is 3.32. The van der Waals surface area contributed by atoms with Crippen LogP contribution in [0.5, 0.6) is 0 Å². The summed E-state index contributed by atoms with van der Waals surface area (Å²) in [5, 5.41) is 3.63. The molecule has 0 aromatic carbocycles. The number of nitrogens with zero attached hydrogens (tertiary/aromatic N) is 1. The van der Waals surface area contributed by atoms with Crippen molar-refractivity contribution < 1.29 is 9.53 Å². The van der Waals surface area contributed by atoms with Crippen molar-refractivity contribution in [1.29, 1.82) is 0 Å². The number of carbonyl (C=O) groups excluding carboxylic acids is 1. The number of ether oxygens (including phenoxy) is 1. The average Bonchev–Trinajstić information content (AvgIpc) is 2.21. The maximum atomic E-state index is 12.5. The van der Waals surface area contributed by atoms with Crippen molar-refractivity contribution in [3.8, 4) is 0 Å². The van der Waals surface area contributed by atoms with E-state index in [9.17, 15) is 4.79 Å². The molecule has 1 saturated carbocycles. The number of hydrogen-bond acceptors (Lipinski definition) is 3. The van der Waals surface area contributed by atoms with Crippen LogP contribution >= 0.6 is 0 Å². The first kappa shape index (κ1) is 15.6. The molecule has 2 aliphatic heterocycles. The smallest absolute Gasteiger partial charge is 0.410 e. The third-order valence-corrected chi connectivity index (χ3v) is 4.30. The van der Waals surface area contributed by atoms with E-state index in [0.29, 0.717) is 0 Å². The van der Waals surface area contributed by atoms with Gasteiger partial charge in [-0.2, -0.15) is 0 Å². The molecule has 0 aromatic heterocycles. The van der Waals surface area contributed by atoms with Gasteiger partial charge in [0.2, 0.25) is 0 Å². The van der Waals surface area contributed by atoms with E-state index in [4.69, 9.17) is 4.74 Å². The molecule has 2 saturated heterocycles. The number of nitrogens with one attached hydrogen (secondary N) is 1. The van der Waals surface area contributed by atoms with Crippen LogP contribution in [0.3, 0.4) is 0 Å². The Hall–Kier alpha value is -0.770. The number of carbonyl (C=O) groups is 1. The molecular weight excluding hydrogens is 252 g/mol. The van der Waals surface area contributed by atoms with Gasteiger partial charge in [-0.3, -0.25) is 0 Å². The molecule has 0 aromatic rings. The maximum Gasteiger partial charge on any atom is 0.410 e. The lowest BCUT2D eigenvalue weighted by atomic mass is 9.63. The Bertz CT molecular complexity index is 367. The number of amides is 1. The van der Waals surface area contributed by atoms with Crippen molar-refractivity contribution in [2.45, 2.75) is 77.5 Å². The van der Waals surface area contributed by atoms with Crippen LogP contribution in [-0.4, -0.2) is 40.8 Å². The van der Waals surface area contributed by atoms with Gasteiger partial charge in [-0.15, -0.1) is 0 Å². The highest BCUT2D eigenvalue weighted by molar-refractivity contribution is 5.69. The highest BCUT2D eigenvalue weighted by atomic mass is 16.6. The minimum Gasteiger partial charge on any atom is -0.444 e. The van der Waals surface area contributed by atoms with Crippen molar-refractivity contribution in [2.75, 3.05) is 13.1 Å². The van der Waals surface area contributed by atoms with E-state index in [1.807, 2.05) is 25.7 Å². The minimum absolute atomic E-state index is 0.132. The molecule has 2 bridgehead atoms. The molecule has 20 heavy (non-hydrogen) atoms. The molecular formula is C16H30N2O2. The second-order valence-corrected chi connectivity index (χ2v) is 8.51. The van der Waals surface area contributed by atoms with Gasteiger partial charge in [0, 0.05) is 17.6 Å². The van der Waals surface area contributed by atoms with Crippen molar-refractivity contribution in [3.05, 3.63) is 0 Å². The summed E-state index contributed by atoms with van der Waals surface area (Å²) in [5.74, 6) is 0.858. The average molecular weight is 282 g/mol. The predicted octanol–water partition coefficient (Wildman–Crippen LogP) is 3.16. The van der Waals surface area contributed by atoms with Crippen molar-refractivity contribution >= 4 is 6.09 Å². The molecule has 0 radical (unpaired) electrons. The van der Waals surface area contributed by atoms with Crippen molar-refractivity contribution in [1.82, 2.24) is 10.2 Å². The second-order valence-electron chi connectivity index (χ2n) is 8.51. The standard InChI is InChI=1S/C16H30N2O2/c1-14(2,3)18(13(19)20-15(4,5)6)11-16-9-12(10-16)7-8-17-16/h12,17H,7-11H2,1-6H3. The Morgan fingerprint density at radius 3 is 2.25 bits per heavy atom. The van der Waals surface area contributed by atoms with Crippen LogP contribution < -0.4 is 5.32 Å². The van der Waals surface area contributed by atoms with E-state index in [-0.39, 0.29) is 17.2 Å². The summed E-state index contributed by atoms with van der Waals surface area (Å²) in [5.41, 5.74) is -0.533. The lowest BCUT2D eigenvalue weighted by Gasteiger charge is -2.56. The number of hydrogen-bond donors (Lipinski definition) is 1. The zero-order valence-electron chi connectivity index (χ0n) is 13.9. The Morgan fingerprint density at radius 2 is 1.85 bits per heavy atom. The largest absolute Gasteiger partial charge is 0.444 e. The third-order valence-electron chi connectivity index (χ3n) is 4.30. The van der Waals surface area contributed by atoms with Crippen LogP contribution in [-0.2, 0) is 4.74 Å². The lowest BCUT2D eigenvalue weighted by Crippen LogP contribution is -2.67. The first-order valence-corrected chi connectivity index (χ1v) is 7.76. The Balaban J connectivity index is 2.07. The van der Waals surface area contributed by atoms with Crippen LogP contribution in [0.4, 0.5) is 4.79 Å². The molecule has 0 atom stereocenters. The SMILES string of the molecule is CC(C)(C)OC(=O)N(CC12CC(CCN1)C2)C(C)(C)C. The molecule has 3 rings (SSSR count). The summed E-state index contributed by atoms with van der Waals surface area (Å²) in [6.45, 7) is 13.8. The summed E-state index contributed by atoms with van der Waals surface area (Å²) in [6, 6.07) is 0. The van der Waals surface area contributed by atoms with E-state index < -0.39 is 5.60 Å². The molecule has 3 aliphatic rings. The second kappa shape index (κ2) is 4.90. The molecule has 0 unspecified atom stereocenters. The van der Waals surface area contributed by atoms with E-state index in [0.717, 1.165) is 19.0 Å². The number of rotatable bonds is 2. The first-order valence-electron chi connectivity index (χ1n) is 7.76. The quantitative estimate of drug-likeness (QED) is 0.846. The van der Waals surface area contributed by atoms with Crippen LogP contribution in [0, 0.1) is 5.92 Å². The van der Waals surface area contributed by atoms with Gasteiger partial charge in [0.1, 0.15) is 5.60 Å². The predicted molar refractivity (Wildman–Crippen MR) is 80.8 cm³/mol. The highest BCUT2D eigenvalue weighted by Gasteiger charge is 2.49. The minimum atomic E-state index is -0.444. The molecule has 3 fully saturated rings. The molecule has 1 amide bonds. The van der Waals surface area contributed by atoms with Gasteiger partial charge in [-0.05, 0) is 73.3 Å². The fraction of sp³-hybridized carbons (Fsp3) is 0.938. The van der Waals surface area contributed by atoms with E-state index in [2.05, 4.69) is 26.1 Å². The number of fused-ring (bicyclic) bond motifs is 2. The van der Waals surface area contributed by atoms with E-state index in [1.54, 1.807) is 0 Å². The summed E-state index contributed by atoms with van der Waals surface area (Å²) in [6.07, 6.45) is 3.48. The highest BCUT2D eigenvalue weighted by Crippen LogP contribution is 2.44. The molecule has 0 spiro atoms. The zero-order chi connectivity index (χ0) is 15.2. The molecule has 4 heteroatoms. The van der Waals surface area contributed by atoms with Gasteiger partial charge in [-0.25, -0.2) is 4.79 Å². The van der Waals surface area contributed by atoms with Gasteiger partial charge in [0.05, 0.1) is 0 Å². The van der Waals surface area contributed by atoms with Crippen molar-refractivity contribution in [3.63, 3.8) is 0 Å². The van der Waals surface area contributed by atoms with E-state index >= 15 is 0 Å². The van der Waals surface area contributed by atoms with Gasteiger partial charge >= 0.3 is 6.09 Å². The van der Waals surface area contributed by atoms with Gasteiger partial charge in [-0.1, -0.05) is 0 Å². The number of piperidine rings is 2. The van der Waals surface area contributed by atoms with Gasteiger partial charge < -0.3 is 15.0 Å². The van der Waals surface area contributed by atoms with Gasteiger partial charge in [0.25, 0.3) is 0 Å². The summed E-state index contributed by atoms with van der Waals surface area (Å²) in [4.78, 5) is 14.4. The topological polar surface area (TPSA) is 41.6 Å². The maximum absolute atomic E-state index is 12.5. The Morgan fingerprint density at radius 1 is 1.25 bits per heavy atom. The molecule has 1 N–H and O–H groups in total. The molecule has 4 nitrogen and oxygen atoms in total. The fourth-order valence-electron chi connectivity index (χ4n) is 3.32. The van der Waals surface area contributed by atoms with Gasteiger partial charge in [0.15, 0.2) is 0 Å². The molecule has 2 heterocycles. The first-order chi connectivity index (χ1) is 9.01. The lowest BCUT2D eigenvalue weighted by molar-refractivity contribution is -0.0300. The van der Waals surface area contributed by atoms with E-state index in [1.165, 1.54) is 19.3 Å². The van der Waals surface area contributed by atoms with Crippen LogP contribution in [0.1, 0.15) is 60.8 Å². The third kappa shape index (κ3) is 3.46. The van der Waals surface area contributed by atoms with Crippen LogP contribution in [0.15, 0.2) is 0 Å². The van der Waals surface area contributed by atoms with Crippen LogP contribution in [0.25, 0.3) is 0 Å². The summed E-state index contributed by atoms with van der Waals surface area (Å²) in [7, 11) is 0. The van der Waals surface area contributed by atoms with Crippen LogP contribution in [0.2, 0.25) is 0 Å². The zero-order valence-corrected chi connectivity index (χ0v) is 13.9. The van der Waals surface area contributed by atoms with Crippen molar-refractivity contribution in [2.24, 2.45) is 5.92 Å². The summed E-state index contributed by atoms with van der Waals surface area (Å²) < 4.78 is 5.59. The monoisotopic (exact) mass is 282 g/mol. The normalized spacial score (nSPS) is 29.6.